The standard InChI is InChI=1S/In.Mg.4Nb.12O.Pb/q;+2;;;;;;;;;;;;;4*-1;+2. The number of hydrogen-bond donors (Lipinski definition) is 0. The van der Waals surface area contributed by atoms with Crippen LogP contribution in [0, 0.1) is 0 Å². The Morgan fingerprint density at radius 2 is 0.474 bits per heavy atom. The first-order valence-corrected chi connectivity index (χ1v) is 13.0. The molecule has 12 nitrogen and oxygen atoms in total. The Morgan fingerprint density at radius 3 is 0.474 bits per heavy atom. The van der Waals surface area contributed by atoms with Crippen molar-refractivity contribution >= 4 is 76.2 Å². The average Bonchev–Trinajstić information content (AvgIpc) is 1.76. The van der Waals surface area contributed by atoms with Crippen LogP contribution in [0.1, 0.15) is 0 Å². The van der Waals surface area contributed by atoms with Gasteiger partial charge < -0.3 is 0 Å². The molecule has 0 N–H and O–H groups in total. The third-order valence-electron chi connectivity index (χ3n) is 0. The van der Waals surface area contributed by atoms with E-state index in [0.29, 0.717) is 0 Å². The van der Waals surface area contributed by atoms with Crippen molar-refractivity contribution in [2.75, 3.05) is 0 Å². The molecule has 0 saturated carbocycles. The summed E-state index contributed by atoms with van der Waals surface area (Å²) in [6.07, 6.45) is 0. The van der Waals surface area contributed by atoms with Gasteiger partial charge in [0.1, 0.15) is 0 Å². The minimum Gasteiger partial charge on any atom is 2.00 e. The zero-order chi connectivity index (χ0) is 14.3. The molecule has 0 atom stereocenters. The van der Waals surface area contributed by atoms with Crippen LogP contribution in [0.5, 0.6) is 0 Å². The molecule has 0 amide bonds. The summed E-state index contributed by atoms with van der Waals surface area (Å²) in [5.41, 5.74) is 0. The Balaban J connectivity index is -0.0000000192. The first-order valence-electron chi connectivity index (χ1n) is 2.19. The molecule has 19 heteroatoms. The maximum absolute atomic E-state index is 8.60. The van der Waals surface area contributed by atoms with Gasteiger partial charge in [0.15, 0.2) is 0 Å². The van der Waals surface area contributed by atoms with Gasteiger partial charge in [0.05, 0.1) is 0 Å². The fourth-order valence-electron chi connectivity index (χ4n) is 0. The zero-order valence-corrected chi connectivity index (χ0v) is 25.9. The van der Waals surface area contributed by atoms with Crippen molar-refractivity contribution < 1.29 is 116 Å². The maximum atomic E-state index is 8.60. The topological polar surface area (TPSA) is 229 Å². The smallest absolute Gasteiger partial charge is 2.00 e. The molecule has 0 spiro atoms. The van der Waals surface area contributed by atoms with Gasteiger partial charge >= 0.3 is 166 Å². The fraction of sp³-hybridized carbons (Fsp3) is 0. The first-order chi connectivity index (χ1) is 6.93. The predicted molar refractivity (Wildman–Crippen MR) is 22.8 cm³/mol. The van der Waals surface area contributed by atoms with E-state index in [-0.39, 0.29) is 76.2 Å². The third-order valence-corrected chi connectivity index (χ3v) is 0. The van der Waals surface area contributed by atoms with Gasteiger partial charge in [-0.15, -0.1) is 0 Å². The third kappa shape index (κ3) is 601. The molecule has 0 aromatic carbocycles. The normalized spacial score (nSPS) is 5.26. The van der Waals surface area contributed by atoms with Gasteiger partial charge in [-0.05, 0) is 0 Å². The van der Waals surface area contributed by atoms with Crippen LogP contribution in [-0.4, -0.2) is 76.2 Å². The quantitative estimate of drug-likeness (QED) is 0.207. The van der Waals surface area contributed by atoms with Crippen molar-refractivity contribution in [3.05, 3.63) is 0 Å². The predicted octanol–water partition coefficient (Wildman–Crippen LogP) is -6.86. The molecule has 0 aromatic heterocycles. The van der Waals surface area contributed by atoms with Crippen molar-refractivity contribution in [2.45, 2.75) is 0 Å². The average molecular weight is 910 g/mol. The van der Waals surface area contributed by atoms with E-state index < -0.39 is 75.1 Å². The Kier molecular flexibility index (Phi) is 86.2. The molecular formula is InMgNb4O12Pb. The van der Waals surface area contributed by atoms with E-state index in [9.17, 15) is 0 Å². The summed E-state index contributed by atoms with van der Waals surface area (Å²) in [7, 11) is 0. The monoisotopic (exact) mass is 910 g/mol. The summed E-state index contributed by atoms with van der Waals surface area (Å²) >= 11 is -16.8. The molecular weight excluding hydrogens is 910 g/mol. The summed E-state index contributed by atoms with van der Waals surface area (Å²) < 4.78 is 103. The van der Waals surface area contributed by atoms with Gasteiger partial charge in [-0.2, -0.15) is 0 Å². The van der Waals surface area contributed by atoms with E-state index in [2.05, 4.69) is 0 Å². The van der Waals surface area contributed by atoms with Crippen LogP contribution in [-0.2, 0) is 101 Å². The molecule has 5 radical (unpaired) electrons. The van der Waals surface area contributed by atoms with Gasteiger partial charge in [-0.25, -0.2) is 0 Å². The van der Waals surface area contributed by atoms with E-state index in [4.69, 9.17) is 40.5 Å². The van der Waals surface area contributed by atoms with Crippen LogP contribution >= 0.6 is 0 Å². The fourth-order valence-corrected chi connectivity index (χ4v) is 0. The van der Waals surface area contributed by atoms with Gasteiger partial charge in [0.2, 0.25) is 0 Å². The van der Waals surface area contributed by atoms with Gasteiger partial charge in [0, 0.05) is 25.8 Å². The summed E-state index contributed by atoms with van der Waals surface area (Å²) in [6.45, 7) is 0. The molecule has 19 heavy (non-hydrogen) atoms. The number of hydrogen-bond acceptors (Lipinski definition) is 12. The second-order valence-electron chi connectivity index (χ2n) is 0.894. The summed E-state index contributed by atoms with van der Waals surface area (Å²) in [6, 6.07) is 0. The Morgan fingerprint density at radius 1 is 0.474 bits per heavy atom. The molecule has 0 rings (SSSR count). The van der Waals surface area contributed by atoms with Crippen molar-refractivity contribution in [3.63, 3.8) is 0 Å². The molecule has 0 aromatic rings. The Hall–Kier alpha value is 3.76. The Labute approximate surface area is 187 Å². The Bertz CT molecular complexity index is 303. The molecule has 0 heterocycles. The minimum absolute atomic E-state index is 0. The summed E-state index contributed by atoms with van der Waals surface area (Å²) in [5, 5.41) is 0. The van der Waals surface area contributed by atoms with Crippen LogP contribution in [0.2, 0.25) is 0 Å². The zero-order valence-electron chi connectivity index (χ0n) is 8.47. The molecule has 0 bridgehead atoms. The summed E-state index contributed by atoms with van der Waals surface area (Å²) in [5.74, 6) is 0. The van der Waals surface area contributed by atoms with E-state index >= 15 is 0 Å². The van der Waals surface area contributed by atoms with E-state index in [1.165, 1.54) is 0 Å². The molecule has 101 valence electrons. The molecule has 0 unspecified atom stereocenters. The molecule has 0 saturated heterocycles. The number of rotatable bonds is 0. The first kappa shape index (κ1) is 43.4. The molecule has 0 aliphatic carbocycles. The minimum atomic E-state index is -4.20. The van der Waals surface area contributed by atoms with Crippen molar-refractivity contribution in [1.29, 1.82) is 0 Å². The van der Waals surface area contributed by atoms with Gasteiger partial charge in [0.25, 0.3) is 0 Å². The molecule has 0 aliphatic rings. The van der Waals surface area contributed by atoms with Crippen molar-refractivity contribution in [3.8, 4) is 0 Å². The second kappa shape index (κ2) is 37.8. The second-order valence-corrected chi connectivity index (χ2v) is 5.29. The largest absolute Gasteiger partial charge is 2.00 e. The van der Waals surface area contributed by atoms with Crippen LogP contribution < -0.4 is 14.5 Å². The van der Waals surface area contributed by atoms with Crippen molar-refractivity contribution in [2.24, 2.45) is 0 Å². The van der Waals surface area contributed by atoms with Gasteiger partial charge in [-0.1, -0.05) is 0 Å². The van der Waals surface area contributed by atoms with Crippen LogP contribution in [0.3, 0.4) is 0 Å². The molecule has 0 fully saturated rings. The van der Waals surface area contributed by atoms with Crippen LogP contribution in [0.4, 0.5) is 0 Å². The maximum Gasteiger partial charge on any atom is 2.00 e. The SMILES string of the molecule is [In].[Mg+2].[O]=[Nb](=[O])[O-].[O]=[Nb](=[O])[O-].[O]=[Nb](=[O])[O-].[O]=[Nb](=[O])[O-].[Pb+2]. The van der Waals surface area contributed by atoms with E-state index in [1.54, 1.807) is 0 Å². The van der Waals surface area contributed by atoms with E-state index in [0.717, 1.165) is 0 Å². The van der Waals surface area contributed by atoms with Crippen LogP contribution in [0.25, 0.3) is 0 Å². The molecule has 0 aliphatic heterocycles. The van der Waals surface area contributed by atoms with Crippen LogP contribution in [0.15, 0.2) is 0 Å². The van der Waals surface area contributed by atoms with Crippen molar-refractivity contribution in [1.82, 2.24) is 0 Å². The van der Waals surface area contributed by atoms with E-state index in [1.807, 2.05) is 0 Å². The summed E-state index contributed by atoms with van der Waals surface area (Å²) in [4.78, 5) is 0. The van der Waals surface area contributed by atoms with Gasteiger partial charge in [-0.3, -0.25) is 0 Å².